The molecule has 17 heavy (non-hydrogen) atoms. The molecule has 0 aromatic heterocycles. The van der Waals surface area contributed by atoms with Crippen molar-refractivity contribution in [2.45, 2.75) is 11.4 Å². The molecule has 6 heteroatoms. The topological polar surface area (TPSA) is 38.3 Å². The van der Waals surface area contributed by atoms with Crippen LogP contribution in [0.25, 0.3) is 0 Å². The van der Waals surface area contributed by atoms with E-state index in [2.05, 4.69) is 10.1 Å². The molecule has 3 nitrogen and oxygen atoms in total. The van der Waals surface area contributed by atoms with Crippen LogP contribution in [0.15, 0.2) is 17.0 Å². The van der Waals surface area contributed by atoms with Crippen molar-refractivity contribution in [2.24, 2.45) is 0 Å². The maximum absolute atomic E-state index is 13.5. The van der Waals surface area contributed by atoms with Gasteiger partial charge in [-0.25, -0.2) is 8.78 Å². The van der Waals surface area contributed by atoms with Gasteiger partial charge in [0, 0.05) is 6.54 Å². The molecule has 1 rings (SSSR count). The van der Waals surface area contributed by atoms with Crippen LogP contribution in [0.2, 0.25) is 0 Å². The van der Waals surface area contributed by atoms with Crippen molar-refractivity contribution < 1.29 is 18.3 Å². The van der Waals surface area contributed by atoms with E-state index in [0.29, 0.717) is 12.1 Å². The Morgan fingerprint density at radius 2 is 2.00 bits per heavy atom. The number of thioether (sulfide) groups is 1. The van der Waals surface area contributed by atoms with Gasteiger partial charge in [0.1, 0.15) is 11.6 Å². The molecule has 0 aliphatic rings. The van der Waals surface area contributed by atoms with E-state index in [9.17, 15) is 13.6 Å². The second kappa shape index (κ2) is 6.56. The fourth-order valence-electron chi connectivity index (χ4n) is 1.25. The Morgan fingerprint density at radius 1 is 1.41 bits per heavy atom. The molecule has 0 amide bonds. The number of nitrogens with one attached hydrogen (secondary N) is 1. The zero-order valence-electron chi connectivity index (χ0n) is 9.55. The van der Waals surface area contributed by atoms with E-state index in [1.54, 1.807) is 7.05 Å². The first-order valence-corrected chi connectivity index (χ1v) is 5.89. The van der Waals surface area contributed by atoms with Crippen molar-refractivity contribution in [3.8, 4) is 0 Å². The van der Waals surface area contributed by atoms with E-state index < -0.39 is 17.6 Å². The molecule has 0 saturated heterocycles. The third-order valence-corrected chi connectivity index (χ3v) is 3.06. The van der Waals surface area contributed by atoms with Crippen LogP contribution in [-0.4, -0.2) is 25.9 Å². The molecule has 0 unspecified atom stereocenters. The first-order valence-electron chi connectivity index (χ1n) is 4.90. The Balaban J connectivity index is 2.82. The number of esters is 1. The normalized spacial score (nSPS) is 10.4. The van der Waals surface area contributed by atoms with Gasteiger partial charge >= 0.3 is 5.97 Å². The van der Waals surface area contributed by atoms with Crippen molar-refractivity contribution in [2.75, 3.05) is 19.9 Å². The Kier molecular flexibility index (Phi) is 5.37. The molecule has 0 heterocycles. The molecule has 0 radical (unpaired) electrons. The summed E-state index contributed by atoms with van der Waals surface area (Å²) >= 11 is 0.788. The van der Waals surface area contributed by atoms with E-state index >= 15 is 0 Å². The lowest BCUT2D eigenvalue weighted by Gasteiger charge is -2.07. The van der Waals surface area contributed by atoms with Gasteiger partial charge in [-0.05, 0) is 24.7 Å². The van der Waals surface area contributed by atoms with Crippen molar-refractivity contribution in [3.63, 3.8) is 0 Å². The second-order valence-corrected chi connectivity index (χ2v) is 4.27. The van der Waals surface area contributed by atoms with E-state index in [1.165, 1.54) is 19.2 Å². The van der Waals surface area contributed by atoms with Gasteiger partial charge in [-0.1, -0.05) is 0 Å². The average molecular weight is 261 g/mol. The largest absolute Gasteiger partial charge is 0.468 e. The van der Waals surface area contributed by atoms with E-state index in [0.717, 1.165) is 11.8 Å². The summed E-state index contributed by atoms with van der Waals surface area (Å²) < 4.78 is 31.5. The first kappa shape index (κ1) is 13.9. The minimum absolute atomic E-state index is 0.115. The quantitative estimate of drug-likeness (QED) is 0.649. The maximum Gasteiger partial charge on any atom is 0.315 e. The maximum atomic E-state index is 13.5. The molecule has 0 spiro atoms. The predicted molar refractivity (Wildman–Crippen MR) is 61.9 cm³/mol. The summed E-state index contributed by atoms with van der Waals surface area (Å²) in [7, 11) is 2.92. The van der Waals surface area contributed by atoms with Crippen molar-refractivity contribution in [3.05, 3.63) is 29.3 Å². The van der Waals surface area contributed by atoms with Crippen molar-refractivity contribution in [1.29, 1.82) is 0 Å². The highest BCUT2D eigenvalue weighted by molar-refractivity contribution is 8.00. The Bertz CT molecular complexity index is 389. The number of ether oxygens (including phenoxy) is 1. The number of methoxy groups -OCH3 is 1. The van der Waals surface area contributed by atoms with Gasteiger partial charge in [0.25, 0.3) is 0 Å². The SMILES string of the molecule is CNCc1cc(F)c(SCC(=O)OC)c(F)c1. The molecule has 0 aliphatic heterocycles. The number of rotatable bonds is 5. The minimum atomic E-state index is -0.663. The molecule has 0 atom stereocenters. The highest BCUT2D eigenvalue weighted by Gasteiger charge is 2.13. The van der Waals surface area contributed by atoms with Crippen LogP contribution in [0.3, 0.4) is 0 Å². The highest BCUT2D eigenvalue weighted by Crippen LogP contribution is 2.26. The summed E-state index contributed by atoms with van der Waals surface area (Å²) in [5, 5.41) is 2.80. The number of benzene rings is 1. The molecule has 1 aromatic rings. The minimum Gasteiger partial charge on any atom is -0.468 e. The van der Waals surface area contributed by atoms with Gasteiger partial charge in [-0.2, -0.15) is 0 Å². The van der Waals surface area contributed by atoms with Crippen LogP contribution in [-0.2, 0) is 16.1 Å². The van der Waals surface area contributed by atoms with E-state index in [1.807, 2.05) is 0 Å². The average Bonchev–Trinajstić information content (AvgIpc) is 2.28. The third-order valence-electron chi connectivity index (χ3n) is 2.00. The van der Waals surface area contributed by atoms with Crippen LogP contribution in [0, 0.1) is 11.6 Å². The van der Waals surface area contributed by atoms with Gasteiger partial charge in [0.05, 0.1) is 17.8 Å². The molecule has 1 aromatic carbocycles. The molecule has 94 valence electrons. The van der Waals surface area contributed by atoms with Crippen molar-refractivity contribution in [1.82, 2.24) is 5.32 Å². The van der Waals surface area contributed by atoms with Crippen LogP contribution >= 0.6 is 11.8 Å². The molecule has 1 N–H and O–H groups in total. The van der Waals surface area contributed by atoms with Gasteiger partial charge < -0.3 is 10.1 Å². The van der Waals surface area contributed by atoms with Crippen molar-refractivity contribution >= 4 is 17.7 Å². The summed E-state index contributed by atoms with van der Waals surface area (Å²) in [6, 6.07) is 2.50. The zero-order valence-corrected chi connectivity index (χ0v) is 10.4. The van der Waals surface area contributed by atoms with Crippen LogP contribution in [0.1, 0.15) is 5.56 Å². The van der Waals surface area contributed by atoms with E-state index in [4.69, 9.17) is 0 Å². The predicted octanol–water partition coefficient (Wildman–Crippen LogP) is 1.95. The smallest absolute Gasteiger partial charge is 0.315 e. The summed E-state index contributed by atoms with van der Waals surface area (Å²) in [5.41, 5.74) is 0.518. The lowest BCUT2D eigenvalue weighted by molar-refractivity contribution is -0.137. The number of hydrogen-bond acceptors (Lipinski definition) is 4. The van der Waals surface area contributed by atoms with Gasteiger partial charge in [-0.3, -0.25) is 4.79 Å². The lowest BCUT2D eigenvalue weighted by Crippen LogP contribution is -2.07. The summed E-state index contributed by atoms with van der Waals surface area (Å²) in [6.45, 7) is 0.385. The summed E-state index contributed by atoms with van der Waals surface area (Å²) in [5.74, 6) is -1.96. The molecule has 0 saturated carbocycles. The molecular formula is C11H13F2NO2S. The molecule has 0 bridgehead atoms. The number of halogens is 2. The Labute approximate surface area is 103 Å². The van der Waals surface area contributed by atoms with Gasteiger partial charge in [0.2, 0.25) is 0 Å². The highest BCUT2D eigenvalue weighted by atomic mass is 32.2. The Hall–Kier alpha value is -1.14. The van der Waals surface area contributed by atoms with Crippen LogP contribution in [0.4, 0.5) is 8.78 Å². The van der Waals surface area contributed by atoms with Gasteiger partial charge in [-0.15, -0.1) is 11.8 Å². The third kappa shape index (κ3) is 3.98. The Morgan fingerprint density at radius 3 is 2.47 bits per heavy atom. The summed E-state index contributed by atoms with van der Waals surface area (Å²) in [4.78, 5) is 10.7. The van der Waals surface area contributed by atoms with Crippen LogP contribution in [0.5, 0.6) is 0 Å². The number of carbonyl (C=O) groups is 1. The fraction of sp³-hybridized carbons (Fsp3) is 0.364. The number of hydrogen-bond donors (Lipinski definition) is 1. The number of carbonyl (C=O) groups excluding carboxylic acids is 1. The summed E-state index contributed by atoms with van der Waals surface area (Å²) in [6.07, 6.45) is 0. The standard InChI is InChI=1S/C11H13F2NO2S/c1-14-5-7-3-8(12)11(9(13)4-7)17-6-10(15)16-2/h3-4,14H,5-6H2,1-2H3. The van der Waals surface area contributed by atoms with E-state index in [-0.39, 0.29) is 10.6 Å². The monoisotopic (exact) mass is 261 g/mol. The molecule has 0 fully saturated rings. The lowest BCUT2D eigenvalue weighted by atomic mass is 10.2. The molecule has 0 aliphatic carbocycles. The fourth-order valence-corrected chi connectivity index (χ4v) is 2.02. The van der Waals surface area contributed by atoms with Gasteiger partial charge in [0.15, 0.2) is 0 Å². The zero-order chi connectivity index (χ0) is 12.8. The second-order valence-electron chi connectivity index (χ2n) is 3.28. The molecular weight excluding hydrogens is 248 g/mol. The van der Waals surface area contributed by atoms with Crippen LogP contribution < -0.4 is 5.32 Å². The first-order chi connectivity index (χ1) is 8.08.